The molecule has 1 aliphatic heterocycles. The molecule has 1 fully saturated rings. The first-order valence-electron chi connectivity index (χ1n) is 7.19. The molecule has 0 aromatic carbocycles. The summed E-state index contributed by atoms with van der Waals surface area (Å²) < 4.78 is 4.61. The normalized spacial score (nSPS) is 20.3. The Bertz CT molecular complexity index is 305. The summed E-state index contributed by atoms with van der Waals surface area (Å²) in [4.78, 5) is 17.6. The summed E-state index contributed by atoms with van der Waals surface area (Å²) in [6.07, 6.45) is 4.86. The summed E-state index contributed by atoms with van der Waals surface area (Å²) in [5, 5.41) is 3.38. The van der Waals surface area contributed by atoms with Crippen LogP contribution in [0.25, 0.3) is 0 Å². The molecule has 1 N–H and O–H groups in total. The lowest BCUT2D eigenvalue weighted by molar-refractivity contribution is -0.140. The van der Waals surface area contributed by atoms with Crippen molar-refractivity contribution in [3.63, 3.8) is 0 Å². The van der Waals surface area contributed by atoms with Crippen molar-refractivity contribution in [3.05, 3.63) is 0 Å². The van der Waals surface area contributed by atoms with Crippen LogP contribution >= 0.6 is 0 Å². The predicted molar refractivity (Wildman–Crippen MR) is 77.2 cm³/mol. The van der Waals surface area contributed by atoms with Gasteiger partial charge in [-0.05, 0) is 31.6 Å². The number of nitrogens with zero attached hydrogens (tertiary/aromatic N) is 2. The molecule has 5 nitrogen and oxygen atoms in total. The zero-order chi connectivity index (χ0) is 14.1. The number of methoxy groups -OCH3 is 1. The first-order valence-corrected chi connectivity index (χ1v) is 7.19. The SMILES string of the molecule is CN=C(NCCCCC(=O)OC)N1CCCC(C)C1. The largest absolute Gasteiger partial charge is 0.469 e. The maximum absolute atomic E-state index is 11.0. The van der Waals surface area contributed by atoms with Crippen LogP contribution in [0.3, 0.4) is 0 Å². The summed E-state index contributed by atoms with van der Waals surface area (Å²) in [7, 11) is 3.26. The molecule has 1 heterocycles. The average Bonchev–Trinajstić information content (AvgIpc) is 2.42. The molecule has 0 saturated carbocycles. The number of carbonyl (C=O) groups is 1. The van der Waals surface area contributed by atoms with Crippen LogP contribution < -0.4 is 5.32 Å². The Morgan fingerprint density at radius 3 is 2.89 bits per heavy atom. The van der Waals surface area contributed by atoms with E-state index in [1.807, 2.05) is 7.05 Å². The zero-order valence-electron chi connectivity index (χ0n) is 12.4. The molecule has 0 amide bonds. The van der Waals surface area contributed by atoms with E-state index in [0.717, 1.165) is 44.4 Å². The van der Waals surface area contributed by atoms with Gasteiger partial charge in [-0.1, -0.05) is 6.92 Å². The molecule has 0 spiro atoms. The van der Waals surface area contributed by atoms with E-state index in [1.54, 1.807) is 0 Å². The molecule has 0 aromatic rings. The Balaban J connectivity index is 2.20. The van der Waals surface area contributed by atoms with E-state index < -0.39 is 0 Å². The lowest BCUT2D eigenvalue weighted by Crippen LogP contribution is -2.46. The summed E-state index contributed by atoms with van der Waals surface area (Å²) in [5.74, 6) is 1.60. The van der Waals surface area contributed by atoms with Gasteiger partial charge in [-0.3, -0.25) is 9.79 Å². The highest BCUT2D eigenvalue weighted by Gasteiger charge is 2.18. The molecule has 1 rings (SSSR count). The Kier molecular flexibility index (Phi) is 7.30. The van der Waals surface area contributed by atoms with Gasteiger partial charge in [0.1, 0.15) is 0 Å². The Morgan fingerprint density at radius 1 is 1.47 bits per heavy atom. The van der Waals surface area contributed by atoms with Crippen LogP contribution in [-0.2, 0) is 9.53 Å². The second-order valence-electron chi connectivity index (χ2n) is 5.20. The number of hydrogen-bond donors (Lipinski definition) is 1. The van der Waals surface area contributed by atoms with E-state index in [0.29, 0.717) is 6.42 Å². The number of hydrogen-bond acceptors (Lipinski definition) is 3. The first kappa shape index (κ1) is 15.8. The van der Waals surface area contributed by atoms with E-state index in [-0.39, 0.29) is 5.97 Å². The minimum Gasteiger partial charge on any atom is -0.469 e. The Hall–Kier alpha value is -1.26. The minimum atomic E-state index is -0.130. The second kappa shape index (κ2) is 8.77. The lowest BCUT2D eigenvalue weighted by atomic mass is 10.0. The van der Waals surface area contributed by atoms with Crippen molar-refractivity contribution >= 4 is 11.9 Å². The standard InChI is InChI=1S/C14H27N3O2/c1-12-7-6-10-17(11-12)14(15-2)16-9-5-4-8-13(18)19-3/h12H,4-11H2,1-3H3,(H,15,16). The van der Waals surface area contributed by atoms with Crippen molar-refractivity contribution in [2.75, 3.05) is 33.8 Å². The van der Waals surface area contributed by atoms with Gasteiger partial charge in [0.25, 0.3) is 0 Å². The number of piperidine rings is 1. The van der Waals surface area contributed by atoms with E-state index in [4.69, 9.17) is 0 Å². The van der Waals surface area contributed by atoms with Crippen molar-refractivity contribution in [1.29, 1.82) is 0 Å². The number of rotatable bonds is 5. The fourth-order valence-electron chi connectivity index (χ4n) is 2.41. The summed E-state index contributed by atoms with van der Waals surface area (Å²) in [5.41, 5.74) is 0. The van der Waals surface area contributed by atoms with Gasteiger partial charge in [0.2, 0.25) is 0 Å². The third-order valence-electron chi connectivity index (χ3n) is 3.49. The average molecular weight is 269 g/mol. The van der Waals surface area contributed by atoms with Crippen molar-refractivity contribution in [2.24, 2.45) is 10.9 Å². The molecule has 0 aliphatic carbocycles. The molecule has 1 aliphatic rings. The van der Waals surface area contributed by atoms with Gasteiger partial charge in [0.05, 0.1) is 7.11 Å². The van der Waals surface area contributed by atoms with E-state index in [9.17, 15) is 4.79 Å². The van der Waals surface area contributed by atoms with Crippen LogP contribution in [-0.4, -0.2) is 50.6 Å². The molecular weight excluding hydrogens is 242 g/mol. The van der Waals surface area contributed by atoms with Crippen molar-refractivity contribution in [2.45, 2.75) is 39.0 Å². The van der Waals surface area contributed by atoms with E-state index >= 15 is 0 Å². The topological polar surface area (TPSA) is 53.9 Å². The quantitative estimate of drug-likeness (QED) is 0.357. The van der Waals surface area contributed by atoms with Gasteiger partial charge in [-0.15, -0.1) is 0 Å². The van der Waals surface area contributed by atoms with Gasteiger partial charge in [-0.25, -0.2) is 0 Å². The number of carbonyl (C=O) groups excluding carboxylic acids is 1. The van der Waals surface area contributed by atoms with Crippen LogP contribution in [0.15, 0.2) is 4.99 Å². The summed E-state index contributed by atoms with van der Waals surface area (Å²) in [6.45, 7) is 5.32. The van der Waals surface area contributed by atoms with Crippen LogP contribution in [0.5, 0.6) is 0 Å². The summed E-state index contributed by atoms with van der Waals surface area (Å²) >= 11 is 0. The number of aliphatic imine (C=N–C) groups is 1. The molecule has 0 radical (unpaired) electrons. The summed E-state index contributed by atoms with van der Waals surface area (Å²) in [6, 6.07) is 0. The van der Waals surface area contributed by atoms with Crippen LogP contribution in [0, 0.1) is 5.92 Å². The second-order valence-corrected chi connectivity index (χ2v) is 5.20. The number of likely N-dealkylation sites (tertiary alicyclic amines) is 1. The predicted octanol–water partition coefficient (Wildman–Crippen LogP) is 1.64. The Morgan fingerprint density at radius 2 is 2.26 bits per heavy atom. The molecule has 1 saturated heterocycles. The highest BCUT2D eigenvalue weighted by Crippen LogP contribution is 2.15. The first-order chi connectivity index (χ1) is 9.17. The molecule has 1 atom stereocenters. The number of esters is 1. The van der Waals surface area contributed by atoms with E-state index in [1.165, 1.54) is 20.0 Å². The third kappa shape index (κ3) is 5.94. The molecule has 1 unspecified atom stereocenters. The number of nitrogens with one attached hydrogen (secondary N) is 1. The smallest absolute Gasteiger partial charge is 0.305 e. The molecule has 0 aromatic heterocycles. The van der Waals surface area contributed by atoms with E-state index in [2.05, 4.69) is 26.9 Å². The lowest BCUT2D eigenvalue weighted by Gasteiger charge is -2.33. The highest BCUT2D eigenvalue weighted by molar-refractivity contribution is 5.79. The van der Waals surface area contributed by atoms with Crippen molar-refractivity contribution < 1.29 is 9.53 Å². The highest BCUT2D eigenvalue weighted by atomic mass is 16.5. The van der Waals surface area contributed by atoms with Crippen LogP contribution in [0.2, 0.25) is 0 Å². The van der Waals surface area contributed by atoms with Crippen molar-refractivity contribution in [1.82, 2.24) is 10.2 Å². The van der Waals surface area contributed by atoms with Gasteiger partial charge in [0, 0.05) is 33.1 Å². The molecule has 19 heavy (non-hydrogen) atoms. The van der Waals surface area contributed by atoms with Crippen molar-refractivity contribution in [3.8, 4) is 0 Å². The fourth-order valence-corrected chi connectivity index (χ4v) is 2.41. The zero-order valence-corrected chi connectivity index (χ0v) is 12.4. The Labute approximate surface area is 116 Å². The molecule has 5 heteroatoms. The van der Waals surface area contributed by atoms with Crippen LogP contribution in [0.1, 0.15) is 39.0 Å². The maximum Gasteiger partial charge on any atom is 0.305 e. The van der Waals surface area contributed by atoms with Gasteiger partial charge >= 0.3 is 5.97 Å². The molecule has 0 bridgehead atoms. The maximum atomic E-state index is 11.0. The van der Waals surface area contributed by atoms with Gasteiger partial charge in [0.15, 0.2) is 5.96 Å². The van der Waals surface area contributed by atoms with Gasteiger partial charge in [-0.2, -0.15) is 0 Å². The third-order valence-corrected chi connectivity index (χ3v) is 3.49. The molecular formula is C14H27N3O2. The minimum absolute atomic E-state index is 0.130. The fraction of sp³-hybridized carbons (Fsp3) is 0.857. The molecule has 110 valence electrons. The monoisotopic (exact) mass is 269 g/mol. The van der Waals surface area contributed by atoms with Gasteiger partial charge < -0.3 is 15.0 Å². The van der Waals surface area contributed by atoms with Crippen LogP contribution in [0.4, 0.5) is 0 Å². The number of unbranched alkanes of at least 4 members (excludes halogenated alkanes) is 1. The number of guanidine groups is 1. The number of ether oxygens (including phenoxy) is 1.